The predicted octanol–water partition coefficient (Wildman–Crippen LogP) is 3.17. The van der Waals surface area contributed by atoms with Crippen molar-refractivity contribution in [3.05, 3.63) is 0 Å². The molecule has 0 spiro atoms. The van der Waals surface area contributed by atoms with Crippen molar-refractivity contribution >= 4 is 0 Å². The van der Waals surface area contributed by atoms with Crippen LogP contribution in [0.15, 0.2) is 0 Å². The molecular formula is C9H22O2. The second-order valence-electron chi connectivity index (χ2n) is 2.35. The van der Waals surface area contributed by atoms with E-state index in [0.29, 0.717) is 0 Å². The fraction of sp³-hybridized carbons (Fsp3) is 1.00. The minimum atomic E-state index is 0. The van der Waals surface area contributed by atoms with Gasteiger partial charge in [0.15, 0.2) is 0 Å². The molecule has 0 unspecified atom stereocenters. The monoisotopic (exact) mass is 162 g/mol. The van der Waals surface area contributed by atoms with E-state index in [-0.39, 0.29) is 7.43 Å². The van der Waals surface area contributed by atoms with Gasteiger partial charge in [-0.25, -0.2) is 9.78 Å². The smallest absolute Gasteiger partial charge is 0.0822 e. The van der Waals surface area contributed by atoms with Gasteiger partial charge in [0.25, 0.3) is 0 Å². The molecule has 0 saturated heterocycles. The van der Waals surface area contributed by atoms with Crippen LogP contribution in [0.2, 0.25) is 0 Å². The molecule has 0 aliphatic heterocycles. The summed E-state index contributed by atoms with van der Waals surface area (Å²) in [5.41, 5.74) is 0. The summed E-state index contributed by atoms with van der Waals surface area (Å²) in [7, 11) is 0. The van der Waals surface area contributed by atoms with Crippen LogP contribution in [0.4, 0.5) is 0 Å². The summed E-state index contributed by atoms with van der Waals surface area (Å²) >= 11 is 0. The molecule has 70 valence electrons. The lowest BCUT2D eigenvalue weighted by molar-refractivity contribution is -0.295. The van der Waals surface area contributed by atoms with Crippen molar-refractivity contribution in [1.29, 1.82) is 0 Å². The minimum absolute atomic E-state index is 0. The molecular weight excluding hydrogens is 140 g/mol. The first-order valence-electron chi connectivity index (χ1n) is 4.16. The first-order chi connectivity index (χ1) is 4.91. The lowest BCUT2D eigenvalue weighted by Crippen LogP contribution is -1.97. The summed E-state index contributed by atoms with van der Waals surface area (Å²) in [6.07, 6.45) is 4.51. The summed E-state index contributed by atoms with van der Waals surface area (Å²) in [6, 6.07) is 0. The Morgan fingerprint density at radius 1 is 0.818 bits per heavy atom. The molecule has 2 nitrogen and oxygen atoms in total. The van der Waals surface area contributed by atoms with Gasteiger partial charge >= 0.3 is 0 Å². The fourth-order valence-corrected chi connectivity index (χ4v) is 0.524. The molecule has 2 heteroatoms. The molecule has 0 heterocycles. The van der Waals surface area contributed by atoms with Crippen LogP contribution in [0.1, 0.15) is 47.0 Å². The topological polar surface area (TPSA) is 18.5 Å². The molecule has 11 heavy (non-hydrogen) atoms. The largest absolute Gasteiger partial charge is 0.237 e. The standard InChI is InChI=1S/C8H18O2.CH4/c1-3-5-7-9-10-8-6-4-2;/h3-8H2,1-2H3;1H4. The van der Waals surface area contributed by atoms with Crippen molar-refractivity contribution < 1.29 is 9.78 Å². The van der Waals surface area contributed by atoms with Crippen molar-refractivity contribution in [2.24, 2.45) is 0 Å². The molecule has 0 aromatic rings. The molecule has 0 aromatic heterocycles. The van der Waals surface area contributed by atoms with Crippen LogP contribution >= 0.6 is 0 Å². The Morgan fingerprint density at radius 3 is 1.45 bits per heavy atom. The highest BCUT2D eigenvalue weighted by molar-refractivity contribution is 4.28. The molecule has 0 radical (unpaired) electrons. The van der Waals surface area contributed by atoms with Crippen molar-refractivity contribution in [2.75, 3.05) is 13.2 Å². The molecule has 0 N–H and O–H groups in total. The molecule has 0 bridgehead atoms. The molecule has 0 amide bonds. The number of hydrogen-bond acceptors (Lipinski definition) is 2. The fourth-order valence-electron chi connectivity index (χ4n) is 0.524. The van der Waals surface area contributed by atoms with Gasteiger partial charge in [-0.2, -0.15) is 0 Å². The maximum Gasteiger partial charge on any atom is 0.0822 e. The van der Waals surface area contributed by atoms with E-state index in [0.717, 1.165) is 38.9 Å². The van der Waals surface area contributed by atoms with Crippen LogP contribution in [0, 0.1) is 0 Å². The zero-order chi connectivity index (χ0) is 7.66. The third kappa shape index (κ3) is 13.0. The highest BCUT2D eigenvalue weighted by Gasteiger charge is 1.86. The van der Waals surface area contributed by atoms with Gasteiger partial charge in [0.2, 0.25) is 0 Å². The number of unbranched alkanes of at least 4 members (excludes halogenated alkanes) is 2. The minimum Gasteiger partial charge on any atom is -0.237 e. The highest BCUT2D eigenvalue weighted by Crippen LogP contribution is 1.91. The molecule has 0 fully saturated rings. The Balaban J connectivity index is 0. The van der Waals surface area contributed by atoms with E-state index in [1.165, 1.54) is 0 Å². The normalized spacial score (nSPS) is 9.27. The maximum absolute atomic E-state index is 4.88. The van der Waals surface area contributed by atoms with Crippen LogP contribution in [0.25, 0.3) is 0 Å². The van der Waals surface area contributed by atoms with Crippen molar-refractivity contribution in [3.63, 3.8) is 0 Å². The van der Waals surface area contributed by atoms with Crippen LogP contribution in [0.3, 0.4) is 0 Å². The quantitative estimate of drug-likeness (QED) is 0.325. The van der Waals surface area contributed by atoms with Crippen molar-refractivity contribution in [3.8, 4) is 0 Å². The third-order valence-electron chi connectivity index (χ3n) is 1.25. The number of rotatable bonds is 7. The maximum atomic E-state index is 4.88. The highest BCUT2D eigenvalue weighted by atomic mass is 17.2. The first kappa shape index (κ1) is 13.5. The van der Waals surface area contributed by atoms with E-state index in [1.807, 2.05) is 0 Å². The van der Waals surface area contributed by atoms with Gasteiger partial charge in [0, 0.05) is 0 Å². The van der Waals surface area contributed by atoms with Gasteiger partial charge < -0.3 is 0 Å². The van der Waals surface area contributed by atoms with Gasteiger partial charge in [0.1, 0.15) is 0 Å². The van der Waals surface area contributed by atoms with E-state index in [1.54, 1.807) is 0 Å². The summed E-state index contributed by atoms with van der Waals surface area (Å²) in [4.78, 5) is 9.75. The predicted molar refractivity (Wildman–Crippen MR) is 48.5 cm³/mol. The van der Waals surface area contributed by atoms with Gasteiger partial charge in [-0.05, 0) is 12.8 Å². The summed E-state index contributed by atoms with van der Waals surface area (Å²) in [5, 5.41) is 0. The first-order valence-corrected chi connectivity index (χ1v) is 4.16. The Labute approximate surface area is 70.8 Å². The van der Waals surface area contributed by atoms with Gasteiger partial charge in [-0.3, -0.25) is 0 Å². The van der Waals surface area contributed by atoms with Crippen molar-refractivity contribution in [2.45, 2.75) is 47.0 Å². The lowest BCUT2D eigenvalue weighted by Gasteiger charge is -2.00. The molecule has 0 saturated carbocycles. The van der Waals surface area contributed by atoms with Crippen LogP contribution < -0.4 is 0 Å². The van der Waals surface area contributed by atoms with E-state index < -0.39 is 0 Å². The molecule has 0 aromatic carbocycles. The number of hydrogen-bond donors (Lipinski definition) is 0. The van der Waals surface area contributed by atoms with Crippen LogP contribution in [0.5, 0.6) is 0 Å². The molecule has 0 aliphatic carbocycles. The molecule has 0 atom stereocenters. The summed E-state index contributed by atoms with van der Waals surface area (Å²) in [5.74, 6) is 0. The van der Waals surface area contributed by atoms with E-state index in [2.05, 4.69) is 13.8 Å². The SMILES string of the molecule is C.CCCCOOCCCC. The van der Waals surface area contributed by atoms with Crippen molar-refractivity contribution in [1.82, 2.24) is 0 Å². The molecule has 0 rings (SSSR count). The Morgan fingerprint density at radius 2 is 1.18 bits per heavy atom. The van der Waals surface area contributed by atoms with Crippen LogP contribution in [-0.2, 0) is 9.78 Å². The average Bonchev–Trinajstić information content (AvgIpc) is 1.97. The van der Waals surface area contributed by atoms with Gasteiger partial charge in [0.05, 0.1) is 13.2 Å². The second-order valence-corrected chi connectivity index (χ2v) is 2.35. The summed E-state index contributed by atoms with van der Waals surface area (Å²) in [6.45, 7) is 5.74. The van der Waals surface area contributed by atoms with Gasteiger partial charge in [-0.15, -0.1) is 0 Å². The lowest BCUT2D eigenvalue weighted by atomic mass is 10.4. The molecule has 0 aliphatic rings. The Bertz CT molecular complexity index is 47.5. The third-order valence-corrected chi connectivity index (χ3v) is 1.25. The average molecular weight is 162 g/mol. The summed E-state index contributed by atoms with van der Waals surface area (Å²) < 4.78 is 0. The van der Waals surface area contributed by atoms with E-state index in [9.17, 15) is 0 Å². The van der Waals surface area contributed by atoms with E-state index in [4.69, 9.17) is 9.78 Å². The van der Waals surface area contributed by atoms with Crippen LogP contribution in [-0.4, -0.2) is 13.2 Å². The zero-order valence-corrected chi connectivity index (χ0v) is 7.06. The second kappa shape index (κ2) is 12.6. The van der Waals surface area contributed by atoms with E-state index >= 15 is 0 Å². The Hall–Kier alpha value is -0.0800. The zero-order valence-electron chi connectivity index (χ0n) is 7.06. The van der Waals surface area contributed by atoms with Gasteiger partial charge in [-0.1, -0.05) is 34.1 Å². The Kier molecular flexibility index (Phi) is 15.4.